The molecule has 1 amide bonds. The first-order chi connectivity index (χ1) is 14.4. The Balaban J connectivity index is 1.48. The molecule has 1 saturated carbocycles. The van der Waals surface area contributed by atoms with Crippen LogP contribution in [0.3, 0.4) is 0 Å². The van der Waals surface area contributed by atoms with Crippen LogP contribution in [-0.4, -0.2) is 28.4 Å². The number of nitrogens with one attached hydrogen (secondary N) is 1. The zero-order chi connectivity index (χ0) is 21.3. The molecule has 0 aliphatic heterocycles. The number of carbonyl (C=O) groups excluding carboxylic acids is 2. The molecule has 152 valence electrons. The molecule has 1 aliphatic rings. The minimum atomic E-state index is -0.610. The number of anilines is 1. The fourth-order valence-corrected chi connectivity index (χ4v) is 3.30. The monoisotopic (exact) mass is 405 g/mol. The van der Waals surface area contributed by atoms with E-state index in [1.165, 1.54) is 12.1 Å². The van der Waals surface area contributed by atoms with Crippen molar-refractivity contribution in [3.8, 4) is 0 Å². The number of nitrogens with zero attached hydrogens (tertiary/aromatic N) is 2. The Kier molecular flexibility index (Phi) is 5.14. The summed E-state index contributed by atoms with van der Waals surface area (Å²) in [5.41, 5.74) is 2.48. The molecule has 1 fully saturated rings. The van der Waals surface area contributed by atoms with E-state index in [1.807, 2.05) is 18.2 Å². The van der Waals surface area contributed by atoms with Gasteiger partial charge in [-0.2, -0.15) is 0 Å². The van der Waals surface area contributed by atoms with Crippen molar-refractivity contribution in [2.24, 2.45) is 0 Å². The van der Waals surface area contributed by atoms with Crippen LogP contribution in [-0.2, 0) is 9.53 Å². The van der Waals surface area contributed by atoms with Crippen LogP contribution in [0, 0.1) is 17.0 Å². The fourth-order valence-electron chi connectivity index (χ4n) is 3.30. The van der Waals surface area contributed by atoms with Gasteiger partial charge in [0.05, 0.1) is 27.3 Å². The van der Waals surface area contributed by atoms with E-state index in [0.29, 0.717) is 33.6 Å². The van der Waals surface area contributed by atoms with Crippen LogP contribution in [0.2, 0.25) is 0 Å². The third-order valence-electron chi connectivity index (χ3n) is 5.06. The Bertz CT molecular complexity index is 1170. The molecule has 0 unspecified atom stereocenters. The quantitative estimate of drug-likeness (QED) is 0.375. The van der Waals surface area contributed by atoms with Crippen LogP contribution >= 0.6 is 0 Å². The second kappa shape index (κ2) is 7.90. The van der Waals surface area contributed by atoms with Crippen LogP contribution in [0.15, 0.2) is 48.5 Å². The van der Waals surface area contributed by atoms with Gasteiger partial charge in [-0.15, -0.1) is 0 Å². The van der Waals surface area contributed by atoms with E-state index in [2.05, 4.69) is 10.3 Å². The fraction of sp³-hybridized carbons (Fsp3) is 0.227. The smallest absolute Gasteiger partial charge is 0.339 e. The number of aromatic nitrogens is 1. The summed E-state index contributed by atoms with van der Waals surface area (Å²) in [5.74, 6) is -0.824. The number of pyridine rings is 1. The molecule has 1 heterocycles. The predicted octanol–water partition coefficient (Wildman–Crippen LogP) is 4.12. The summed E-state index contributed by atoms with van der Waals surface area (Å²) in [6, 6.07) is 13.4. The van der Waals surface area contributed by atoms with Crippen molar-refractivity contribution in [1.82, 2.24) is 4.98 Å². The molecule has 8 heteroatoms. The highest BCUT2D eigenvalue weighted by Crippen LogP contribution is 2.40. The van der Waals surface area contributed by atoms with E-state index in [9.17, 15) is 19.7 Å². The maximum absolute atomic E-state index is 12.7. The lowest BCUT2D eigenvalue weighted by Crippen LogP contribution is -2.21. The number of nitro benzene ring substituents is 1. The number of esters is 1. The van der Waals surface area contributed by atoms with Gasteiger partial charge in [-0.1, -0.05) is 24.3 Å². The number of amides is 1. The van der Waals surface area contributed by atoms with Gasteiger partial charge in [-0.05, 0) is 38.0 Å². The number of carbonyl (C=O) groups is 2. The third-order valence-corrected chi connectivity index (χ3v) is 5.06. The molecule has 0 saturated heterocycles. The summed E-state index contributed by atoms with van der Waals surface area (Å²) in [6.07, 6.45) is 2.09. The average Bonchev–Trinajstić information content (AvgIpc) is 3.58. The third kappa shape index (κ3) is 3.98. The van der Waals surface area contributed by atoms with E-state index in [1.54, 1.807) is 25.1 Å². The van der Waals surface area contributed by atoms with Gasteiger partial charge in [0.25, 0.3) is 11.6 Å². The Hall–Kier alpha value is -3.81. The number of ether oxygens (including phenoxy) is 1. The Morgan fingerprint density at radius 1 is 1.20 bits per heavy atom. The number of rotatable bonds is 6. The minimum absolute atomic E-state index is 0.0966. The summed E-state index contributed by atoms with van der Waals surface area (Å²) in [7, 11) is 0. The standard InChI is InChI=1S/C22H19N3O5/c1-13-17(7-4-8-20(13)25(28)29)24-21(26)12-30-22(27)16-11-19(14-9-10-14)23-18-6-3-2-5-15(16)18/h2-8,11,14H,9-10,12H2,1H3,(H,24,26). The van der Waals surface area contributed by atoms with Crippen molar-refractivity contribution < 1.29 is 19.2 Å². The maximum atomic E-state index is 12.7. The molecule has 0 bridgehead atoms. The number of fused-ring (bicyclic) bond motifs is 1. The second-order valence-electron chi connectivity index (χ2n) is 7.22. The van der Waals surface area contributed by atoms with E-state index in [4.69, 9.17) is 4.74 Å². The van der Waals surface area contributed by atoms with Crippen molar-refractivity contribution in [3.05, 3.63) is 75.5 Å². The lowest BCUT2D eigenvalue weighted by atomic mass is 10.1. The van der Waals surface area contributed by atoms with E-state index >= 15 is 0 Å². The first kappa shape index (κ1) is 19.5. The first-order valence-corrected chi connectivity index (χ1v) is 9.54. The van der Waals surface area contributed by atoms with Crippen molar-refractivity contribution >= 4 is 34.2 Å². The lowest BCUT2D eigenvalue weighted by Gasteiger charge is -2.11. The summed E-state index contributed by atoms with van der Waals surface area (Å²) in [6.45, 7) is 1.04. The lowest BCUT2D eigenvalue weighted by molar-refractivity contribution is -0.385. The highest BCUT2D eigenvalue weighted by atomic mass is 16.6. The van der Waals surface area contributed by atoms with E-state index < -0.39 is 23.4 Å². The van der Waals surface area contributed by atoms with Crippen LogP contribution in [0.4, 0.5) is 11.4 Å². The first-order valence-electron chi connectivity index (χ1n) is 9.54. The van der Waals surface area contributed by atoms with Gasteiger partial charge < -0.3 is 10.1 Å². The van der Waals surface area contributed by atoms with Gasteiger partial charge in [-0.25, -0.2) is 4.79 Å². The van der Waals surface area contributed by atoms with Gasteiger partial charge in [0.1, 0.15) is 0 Å². The SMILES string of the molecule is Cc1c(NC(=O)COC(=O)c2cc(C3CC3)nc3ccccc23)cccc1[N+](=O)[O-]. The van der Waals surface area contributed by atoms with Gasteiger partial charge >= 0.3 is 5.97 Å². The Morgan fingerprint density at radius 3 is 2.70 bits per heavy atom. The molecular weight excluding hydrogens is 386 g/mol. The molecule has 1 aliphatic carbocycles. The van der Waals surface area contributed by atoms with Gasteiger partial charge in [0, 0.05) is 23.1 Å². The predicted molar refractivity (Wildman–Crippen MR) is 110 cm³/mol. The van der Waals surface area contributed by atoms with Crippen LogP contribution in [0.1, 0.15) is 40.4 Å². The largest absolute Gasteiger partial charge is 0.452 e. The molecule has 0 radical (unpaired) electrons. The van der Waals surface area contributed by atoms with Crippen molar-refractivity contribution in [2.45, 2.75) is 25.7 Å². The van der Waals surface area contributed by atoms with Crippen molar-refractivity contribution in [1.29, 1.82) is 0 Å². The topological polar surface area (TPSA) is 111 Å². The van der Waals surface area contributed by atoms with E-state index in [-0.39, 0.29) is 5.69 Å². The number of benzene rings is 2. The second-order valence-corrected chi connectivity index (χ2v) is 7.22. The minimum Gasteiger partial charge on any atom is -0.452 e. The highest BCUT2D eigenvalue weighted by molar-refractivity contribution is 6.04. The van der Waals surface area contributed by atoms with Crippen LogP contribution in [0.5, 0.6) is 0 Å². The number of hydrogen-bond acceptors (Lipinski definition) is 6. The normalized spacial score (nSPS) is 13.1. The summed E-state index contributed by atoms with van der Waals surface area (Å²) < 4.78 is 5.23. The summed E-state index contributed by atoms with van der Waals surface area (Å²) in [4.78, 5) is 40.1. The molecule has 4 rings (SSSR count). The average molecular weight is 405 g/mol. The molecule has 1 aromatic heterocycles. The number of nitro groups is 1. The number of hydrogen-bond donors (Lipinski definition) is 1. The zero-order valence-electron chi connectivity index (χ0n) is 16.3. The molecule has 1 N–H and O–H groups in total. The molecule has 0 atom stereocenters. The molecular formula is C22H19N3O5. The highest BCUT2D eigenvalue weighted by Gasteiger charge is 2.27. The number of para-hydroxylation sites is 1. The van der Waals surface area contributed by atoms with Gasteiger partial charge in [-0.3, -0.25) is 19.9 Å². The molecule has 30 heavy (non-hydrogen) atoms. The van der Waals surface area contributed by atoms with Crippen molar-refractivity contribution in [2.75, 3.05) is 11.9 Å². The molecule has 0 spiro atoms. The maximum Gasteiger partial charge on any atom is 0.339 e. The molecule has 3 aromatic rings. The van der Waals surface area contributed by atoms with Crippen molar-refractivity contribution in [3.63, 3.8) is 0 Å². The summed E-state index contributed by atoms with van der Waals surface area (Å²) >= 11 is 0. The van der Waals surface area contributed by atoms with Crippen LogP contribution in [0.25, 0.3) is 10.9 Å². The van der Waals surface area contributed by atoms with E-state index in [0.717, 1.165) is 18.5 Å². The Morgan fingerprint density at radius 2 is 1.97 bits per heavy atom. The van der Waals surface area contributed by atoms with Crippen LogP contribution < -0.4 is 5.32 Å². The molecule has 2 aromatic carbocycles. The van der Waals surface area contributed by atoms with Gasteiger partial charge in [0.15, 0.2) is 6.61 Å². The van der Waals surface area contributed by atoms with Gasteiger partial charge in [0.2, 0.25) is 0 Å². The zero-order valence-corrected chi connectivity index (χ0v) is 16.3. The molecule has 8 nitrogen and oxygen atoms in total. The summed E-state index contributed by atoms with van der Waals surface area (Å²) in [5, 5.41) is 14.3. The Labute approximate surface area is 172 Å².